The highest BCUT2D eigenvalue weighted by molar-refractivity contribution is 5.94. The number of amides is 2. The summed E-state index contributed by atoms with van der Waals surface area (Å²) in [5.41, 5.74) is 2.16. The van der Waals surface area contributed by atoms with Crippen molar-refractivity contribution in [3.63, 3.8) is 0 Å². The highest BCUT2D eigenvalue weighted by Gasteiger charge is 2.67. The van der Waals surface area contributed by atoms with Crippen LogP contribution in [0.2, 0.25) is 0 Å². The van der Waals surface area contributed by atoms with Gasteiger partial charge < -0.3 is 20.8 Å². The Balaban J connectivity index is 0.979. The Morgan fingerprint density at radius 3 is 2.44 bits per heavy atom. The Labute approximate surface area is 297 Å². The van der Waals surface area contributed by atoms with Crippen LogP contribution in [0.25, 0.3) is 0 Å². The van der Waals surface area contributed by atoms with Crippen molar-refractivity contribution in [3.8, 4) is 0 Å². The monoisotopic (exact) mass is 683 g/mol. The number of carbonyl (C=O) groups excluding carboxylic acids is 2. The summed E-state index contributed by atoms with van der Waals surface area (Å²) in [7, 11) is 0. The van der Waals surface area contributed by atoms with E-state index in [9.17, 15) is 24.6 Å². The zero-order valence-electron chi connectivity index (χ0n) is 30.5. The lowest BCUT2D eigenvalue weighted by atomic mass is 9.36. The number of hydrogen-bond acceptors (Lipinski definition) is 5. The van der Waals surface area contributed by atoms with E-state index in [4.69, 9.17) is 0 Å². The minimum absolute atomic E-state index is 0.0294. The van der Waals surface area contributed by atoms with Crippen LogP contribution in [-0.4, -0.2) is 45.6 Å². The summed E-state index contributed by atoms with van der Waals surface area (Å²) in [6, 6.07) is 10.7. The number of aliphatic hydroxyl groups is 1. The van der Waals surface area contributed by atoms with E-state index in [0.717, 1.165) is 44.1 Å². The Kier molecular flexibility index (Phi) is 9.18. The van der Waals surface area contributed by atoms with Gasteiger partial charge >= 0.3 is 5.97 Å². The van der Waals surface area contributed by atoms with Crippen molar-refractivity contribution in [1.29, 1.82) is 0 Å². The fraction of sp³-hybridized carbons (Fsp3) is 0.667. The van der Waals surface area contributed by atoms with E-state index < -0.39 is 5.97 Å². The number of aromatic nitrogens is 1. The Morgan fingerprint density at radius 2 is 1.64 bits per heavy atom. The molecule has 270 valence electrons. The van der Waals surface area contributed by atoms with Gasteiger partial charge in [0, 0.05) is 30.4 Å². The normalized spacial score (nSPS) is 37.0. The quantitative estimate of drug-likeness (QED) is 0.233. The molecule has 4 N–H and O–H groups in total. The largest absolute Gasteiger partial charge is 0.477 e. The van der Waals surface area contributed by atoms with Crippen LogP contribution < -0.4 is 10.6 Å². The fourth-order valence-electron chi connectivity index (χ4n) is 13.0. The Hall–Kier alpha value is -3.26. The van der Waals surface area contributed by atoms with Crippen molar-refractivity contribution >= 4 is 17.8 Å². The van der Waals surface area contributed by atoms with E-state index in [-0.39, 0.29) is 46.4 Å². The highest BCUT2D eigenvalue weighted by atomic mass is 16.4. The average molecular weight is 684 g/mol. The number of carboxylic acid groups (broad SMARTS) is 1. The SMILES string of the molecule is CC1(C)C(O)CCC2(C)C1CCC1(C)C3CCC4(C(=O)NCCc5cccc(C(=O)NCc6cccnc6C(=O)O)c5)CCCC4C3CCC12. The lowest BCUT2D eigenvalue weighted by Gasteiger charge is -2.69. The summed E-state index contributed by atoms with van der Waals surface area (Å²) >= 11 is 0. The van der Waals surface area contributed by atoms with Crippen molar-refractivity contribution in [2.75, 3.05) is 6.54 Å². The second-order valence-corrected chi connectivity index (χ2v) is 17.8. The van der Waals surface area contributed by atoms with Crippen LogP contribution in [0.1, 0.15) is 130 Å². The molecule has 50 heavy (non-hydrogen) atoms. The number of nitrogens with zero attached hydrogens (tertiary/aromatic N) is 1. The molecule has 0 radical (unpaired) electrons. The van der Waals surface area contributed by atoms with Gasteiger partial charge in [0.15, 0.2) is 5.69 Å². The minimum atomic E-state index is -1.13. The lowest BCUT2D eigenvalue weighted by Crippen LogP contribution is -2.63. The molecule has 5 aliphatic rings. The number of rotatable bonds is 8. The van der Waals surface area contributed by atoms with Crippen LogP contribution in [0.3, 0.4) is 0 Å². The molecule has 9 unspecified atom stereocenters. The number of pyridine rings is 1. The zero-order valence-corrected chi connectivity index (χ0v) is 30.5. The number of carbonyl (C=O) groups is 3. The zero-order chi connectivity index (χ0) is 35.5. The molecular formula is C42H57N3O5. The smallest absolute Gasteiger partial charge is 0.354 e. The minimum Gasteiger partial charge on any atom is -0.477 e. The van der Waals surface area contributed by atoms with Gasteiger partial charge in [-0.2, -0.15) is 0 Å². The van der Waals surface area contributed by atoms with Crippen molar-refractivity contribution < 1.29 is 24.6 Å². The summed E-state index contributed by atoms with van der Waals surface area (Å²) in [6.07, 6.45) is 14.3. The van der Waals surface area contributed by atoms with Gasteiger partial charge in [-0.05, 0) is 140 Å². The lowest BCUT2D eigenvalue weighted by molar-refractivity contribution is -0.214. The molecule has 7 rings (SSSR count). The van der Waals surface area contributed by atoms with Crippen LogP contribution in [0.15, 0.2) is 42.6 Å². The molecule has 0 bridgehead atoms. The van der Waals surface area contributed by atoms with E-state index in [2.05, 4.69) is 43.3 Å². The van der Waals surface area contributed by atoms with Crippen molar-refractivity contribution in [2.24, 2.45) is 51.2 Å². The van der Waals surface area contributed by atoms with Gasteiger partial charge in [0.25, 0.3) is 5.91 Å². The predicted molar refractivity (Wildman–Crippen MR) is 192 cm³/mol. The number of fused-ring (bicyclic) bond motifs is 7. The number of aromatic carboxylic acids is 1. The van der Waals surface area contributed by atoms with Crippen molar-refractivity contribution in [2.45, 2.75) is 117 Å². The molecule has 1 aromatic heterocycles. The first-order valence-corrected chi connectivity index (χ1v) is 19.3. The van der Waals surface area contributed by atoms with Crippen LogP contribution in [0.5, 0.6) is 0 Å². The van der Waals surface area contributed by atoms with E-state index in [0.29, 0.717) is 59.1 Å². The van der Waals surface area contributed by atoms with Crippen LogP contribution in [0.4, 0.5) is 0 Å². The summed E-state index contributed by atoms with van der Waals surface area (Å²) in [5.74, 6) is 1.86. The molecule has 9 atom stereocenters. The molecular weight excluding hydrogens is 626 g/mol. The number of nitrogens with one attached hydrogen (secondary N) is 2. The average Bonchev–Trinajstić information content (AvgIpc) is 3.55. The molecule has 5 fully saturated rings. The fourth-order valence-corrected chi connectivity index (χ4v) is 13.0. The maximum atomic E-state index is 14.2. The molecule has 2 amide bonds. The third-order valence-electron chi connectivity index (χ3n) is 15.4. The maximum absolute atomic E-state index is 14.2. The number of carboxylic acids is 1. The standard InChI is InChI=1S/C42H57N3O5/c1-39(2)32-15-19-40(3)30-14-21-42(18-6-11-31(42)29(30)12-13-33(40)41(32,4)20-16-34(39)46)38(50)44-23-17-26-8-5-9-27(24-26)36(47)45-25-28-10-7-22-43-35(28)37(48)49/h5,7-10,22,24,29-34,46H,6,11-21,23,25H2,1-4H3,(H,44,50)(H,45,47)(H,48,49). The molecule has 1 aromatic carbocycles. The van der Waals surface area contributed by atoms with Crippen molar-refractivity contribution in [3.05, 3.63) is 65.0 Å². The molecule has 8 nitrogen and oxygen atoms in total. The number of benzene rings is 1. The first-order chi connectivity index (χ1) is 23.8. The van der Waals surface area contributed by atoms with Crippen LogP contribution >= 0.6 is 0 Å². The van der Waals surface area contributed by atoms with E-state index in [1.54, 1.807) is 18.2 Å². The van der Waals surface area contributed by atoms with E-state index >= 15 is 0 Å². The summed E-state index contributed by atoms with van der Waals surface area (Å²) in [4.78, 5) is 42.6. The summed E-state index contributed by atoms with van der Waals surface area (Å²) < 4.78 is 0. The molecule has 5 saturated carbocycles. The van der Waals surface area contributed by atoms with Crippen LogP contribution in [0, 0.1) is 51.2 Å². The van der Waals surface area contributed by atoms with Gasteiger partial charge in [-0.3, -0.25) is 9.59 Å². The third kappa shape index (κ3) is 5.68. The topological polar surface area (TPSA) is 129 Å². The second kappa shape index (κ2) is 13.1. The van der Waals surface area contributed by atoms with Gasteiger partial charge in [-0.15, -0.1) is 0 Å². The molecule has 2 aromatic rings. The molecule has 0 spiro atoms. The van der Waals surface area contributed by atoms with Gasteiger partial charge in [-0.25, -0.2) is 9.78 Å². The summed E-state index contributed by atoms with van der Waals surface area (Å²) in [5, 5.41) is 26.6. The van der Waals surface area contributed by atoms with Gasteiger partial charge in [0.2, 0.25) is 5.91 Å². The molecule has 8 heteroatoms. The molecule has 1 heterocycles. The van der Waals surface area contributed by atoms with E-state index in [1.807, 2.05) is 18.2 Å². The predicted octanol–water partition coefficient (Wildman–Crippen LogP) is 7.19. The van der Waals surface area contributed by atoms with E-state index in [1.165, 1.54) is 38.3 Å². The molecule has 0 aliphatic heterocycles. The summed E-state index contributed by atoms with van der Waals surface area (Å²) in [6.45, 7) is 10.4. The molecule has 0 saturated heterocycles. The van der Waals surface area contributed by atoms with Crippen LogP contribution in [-0.2, 0) is 17.8 Å². The van der Waals surface area contributed by atoms with Gasteiger partial charge in [0.1, 0.15) is 0 Å². The highest BCUT2D eigenvalue weighted by Crippen LogP contribution is 2.73. The maximum Gasteiger partial charge on any atom is 0.354 e. The van der Waals surface area contributed by atoms with Crippen molar-refractivity contribution in [1.82, 2.24) is 15.6 Å². The van der Waals surface area contributed by atoms with Gasteiger partial charge in [-0.1, -0.05) is 52.3 Å². The first-order valence-electron chi connectivity index (χ1n) is 19.3. The first kappa shape index (κ1) is 35.2. The third-order valence-corrected chi connectivity index (χ3v) is 15.4. The van der Waals surface area contributed by atoms with Gasteiger partial charge in [0.05, 0.1) is 11.5 Å². The Morgan fingerprint density at radius 1 is 0.840 bits per heavy atom. The second-order valence-electron chi connectivity index (χ2n) is 17.8. The number of aliphatic hydroxyl groups excluding tert-OH is 1. The molecule has 5 aliphatic carbocycles. The Bertz CT molecular complexity index is 1640. The number of hydrogen-bond donors (Lipinski definition) is 4.